The predicted molar refractivity (Wildman–Crippen MR) is 285 cm³/mol. The molecule has 6 atom stereocenters. The number of carbonyl (C=O) groups excluding carboxylic acids is 3. The van der Waals surface area contributed by atoms with Crippen LogP contribution >= 0.6 is 0 Å². The molecule has 1 heterocycles. The molecule has 0 aliphatic carbocycles. The van der Waals surface area contributed by atoms with E-state index in [9.17, 15) is 34.5 Å². The molecule has 0 bridgehead atoms. The van der Waals surface area contributed by atoms with Crippen molar-refractivity contribution in [3.63, 3.8) is 0 Å². The zero-order chi connectivity index (χ0) is 51.8. The van der Waals surface area contributed by atoms with E-state index in [1.165, 1.54) is 116 Å². The fourth-order valence-electron chi connectivity index (χ4n) is 8.80. The molecule has 412 valence electrons. The summed E-state index contributed by atoms with van der Waals surface area (Å²) in [5.74, 6) is -3.11. The lowest BCUT2D eigenvalue weighted by Gasteiger charge is -2.40. The summed E-state index contributed by atoms with van der Waals surface area (Å²) >= 11 is 0. The number of hydrogen-bond donors (Lipinski definition) is 3. The highest BCUT2D eigenvalue weighted by Crippen LogP contribution is 2.26. The Balaban J connectivity index is 2.64. The summed E-state index contributed by atoms with van der Waals surface area (Å²) in [5.41, 5.74) is 0. The second-order valence-corrected chi connectivity index (χ2v) is 19.9. The van der Waals surface area contributed by atoms with Crippen molar-refractivity contribution in [3.8, 4) is 0 Å². The van der Waals surface area contributed by atoms with E-state index in [1.54, 1.807) is 0 Å². The number of aliphatic carboxylic acids is 1. The summed E-state index contributed by atoms with van der Waals surface area (Å²) in [6, 6.07) is 0. The first-order chi connectivity index (χ1) is 34.6. The van der Waals surface area contributed by atoms with Gasteiger partial charge in [-0.15, -0.1) is 0 Å². The maximum absolute atomic E-state index is 13.1. The molecule has 0 aromatic carbocycles. The van der Waals surface area contributed by atoms with Gasteiger partial charge in [0.25, 0.3) is 0 Å². The molecule has 0 aromatic heterocycles. The Bertz CT molecular complexity index is 1380. The van der Waals surface area contributed by atoms with Crippen molar-refractivity contribution in [1.82, 2.24) is 0 Å². The zero-order valence-electron chi connectivity index (χ0n) is 45.2. The lowest BCUT2D eigenvalue weighted by molar-refractivity contribution is -0.301. The van der Waals surface area contributed by atoms with Crippen LogP contribution in [-0.4, -0.2) is 89.2 Å². The molecule has 0 amide bonds. The van der Waals surface area contributed by atoms with Gasteiger partial charge in [-0.25, -0.2) is 4.79 Å². The minimum Gasteiger partial charge on any atom is -0.479 e. The third-order valence-corrected chi connectivity index (χ3v) is 13.2. The number of unbranched alkanes of at least 4 members (excludes halogenated alkanes) is 29. The molecule has 0 radical (unpaired) electrons. The lowest BCUT2D eigenvalue weighted by atomic mass is 9.98. The zero-order valence-corrected chi connectivity index (χ0v) is 45.2. The van der Waals surface area contributed by atoms with Gasteiger partial charge in [0.05, 0.1) is 6.61 Å². The number of hydrogen-bond acceptors (Lipinski definition) is 11. The van der Waals surface area contributed by atoms with Gasteiger partial charge in [-0.2, -0.15) is 0 Å². The molecular weight excluding hydrogens is 901 g/mol. The van der Waals surface area contributed by atoms with Crippen LogP contribution in [0.3, 0.4) is 0 Å². The van der Waals surface area contributed by atoms with Gasteiger partial charge in [0, 0.05) is 19.3 Å². The first-order valence-electron chi connectivity index (χ1n) is 29.0. The first-order valence-corrected chi connectivity index (χ1v) is 29.0. The Morgan fingerprint density at radius 3 is 1.35 bits per heavy atom. The van der Waals surface area contributed by atoms with E-state index >= 15 is 0 Å². The molecule has 0 aromatic rings. The lowest BCUT2D eigenvalue weighted by Crippen LogP contribution is -2.61. The second kappa shape index (κ2) is 47.9. The average Bonchev–Trinajstić information content (AvgIpc) is 3.35. The van der Waals surface area contributed by atoms with Gasteiger partial charge in [0.2, 0.25) is 0 Å². The maximum Gasteiger partial charge on any atom is 0.335 e. The highest BCUT2D eigenvalue weighted by Gasteiger charge is 2.50. The first kappa shape index (κ1) is 66.0. The van der Waals surface area contributed by atoms with Gasteiger partial charge in [-0.3, -0.25) is 14.4 Å². The summed E-state index contributed by atoms with van der Waals surface area (Å²) in [6.07, 6.45) is 42.7. The van der Waals surface area contributed by atoms with Crippen molar-refractivity contribution in [3.05, 3.63) is 36.5 Å². The Kier molecular flexibility index (Phi) is 44.5. The van der Waals surface area contributed by atoms with E-state index in [1.807, 2.05) is 0 Å². The number of carboxylic acids is 1. The van der Waals surface area contributed by atoms with Crippen LogP contribution in [0.5, 0.6) is 0 Å². The van der Waals surface area contributed by atoms with E-state index in [0.29, 0.717) is 19.3 Å². The van der Waals surface area contributed by atoms with Crippen LogP contribution in [0.2, 0.25) is 0 Å². The molecule has 71 heavy (non-hydrogen) atoms. The third kappa shape index (κ3) is 38.2. The molecular formula is C59H104O12. The van der Waals surface area contributed by atoms with Gasteiger partial charge in [-0.05, 0) is 51.4 Å². The van der Waals surface area contributed by atoms with E-state index in [0.717, 1.165) is 89.9 Å². The van der Waals surface area contributed by atoms with Crippen molar-refractivity contribution >= 4 is 23.9 Å². The number of ether oxygens (including phenoxy) is 5. The Hall–Kier alpha value is -3.06. The van der Waals surface area contributed by atoms with E-state index in [4.69, 9.17) is 23.7 Å². The average molecular weight is 1010 g/mol. The van der Waals surface area contributed by atoms with Crippen LogP contribution in [0, 0.1) is 0 Å². The molecule has 12 nitrogen and oxygen atoms in total. The van der Waals surface area contributed by atoms with Gasteiger partial charge in [0.1, 0.15) is 18.8 Å². The van der Waals surface area contributed by atoms with Crippen molar-refractivity contribution in [2.75, 3.05) is 13.2 Å². The minimum absolute atomic E-state index is 0.0654. The van der Waals surface area contributed by atoms with Crippen molar-refractivity contribution in [1.29, 1.82) is 0 Å². The van der Waals surface area contributed by atoms with Crippen molar-refractivity contribution < 1.29 is 58.2 Å². The molecule has 6 unspecified atom stereocenters. The van der Waals surface area contributed by atoms with Crippen LogP contribution in [0.4, 0.5) is 0 Å². The number of allylic oxidation sites excluding steroid dienone is 6. The van der Waals surface area contributed by atoms with Crippen LogP contribution in [0.15, 0.2) is 36.5 Å². The fourth-order valence-corrected chi connectivity index (χ4v) is 8.80. The van der Waals surface area contributed by atoms with Crippen molar-refractivity contribution in [2.24, 2.45) is 0 Å². The van der Waals surface area contributed by atoms with Gasteiger partial charge in [0.15, 0.2) is 24.6 Å². The van der Waals surface area contributed by atoms with E-state index in [2.05, 4.69) is 57.2 Å². The largest absolute Gasteiger partial charge is 0.479 e. The molecule has 1 fully saturated rings. The molecule has 0 saturated carbocycles. The smallest absolute Gasteiger partial charge is 0.335 e. The van der Waals surface area contributed by atoms with Crippen LogP contribution in [0.1, 0.15) is 265 Å². The number of aliphatic hydroxyl groups excluding tert-OH is 2. The Labute approximate surface area is 431 Å². The van der Waals surface area contributed by atoms with Gasteiger partial charge in [-0.1, -0.05) is 231 Å². The summed E-state index contributed by atoms with van der Waals surface area (Å²) in [4.78, 5) is 50.9. The summed E-state index contributed by atoms with van der Waals surface area (Å²) in [5, 5.41) is 31.4. The molecule has 1 aliphatic rings. The number of rotatable bonds is 49. The van der Waals surface area contributed by atoms with Crippen molar-refractivity contribution in [2.45, 2.75) is 302 Å². The standard InChI is InChI=1S/C59H104O12/c1-4-7-10-13-16-19-21-23-25-26-28-29-31-34-36-39-42-45-51(60)67-48-50(69-52(61)46-43-40-37-33-18-15-12-9-6-3)49-68-59-57(55(64)54(63)56(71-59)58(65)66)70-53(62)47-44-41-38-35-32-30-27-24-22-20-17-14-11-8-5-2/h7,10,16,19,23,25,50,54-57,59,63-64H,4-6,8-9,11-15,17-18,20-22,24,26-49H2,1-3H3,(H,65,66)/b10-7-,19-16-,25-23-. The molecule has 0 spiro atoms. The van der Waals surface area contributed by atoms with Crippen LogP contribution < -0.4 is 0 Å². The summed E-state index contributed by atoms with van der Waals surface area (Å²) in [6.45, 7) is 5.86. The van der Waals surface area contributed by atoms with E-state index < -0.39 is 67.3 Å². The van der Waals surface area contributed by atoms with Crippen LogP contribution in [0.25, 0.3) is 0 Å². The molecule has 1 rings (SSSR count). The number of carbonyl (C=O) groups is 4. The Morgan fingerprint density at radius 2 is 0.887 bits per heavy atom. The van der Waals surface area contributed by atoms with Gasteiger partial charge >= 0.3 is 23.9 Å². The molecule has 12 heteroatoms. The molecule has 1 aliphatic heterocycles. The summed E-state index contributed by atoms with van der Waals surface area (Å²) < 4.78 is 28.4. The Morgan fingerprint density at radius 1 is 0.479 bits per heavy atom. The number of carboxylic acid groups (broad SMARTS) is 1. The maximum atomic E-state index is 13.1. The fraction of sp³-hybridized carbons (Fsp3) is 0.831. The van der Waals surface area contributed by atoms with Gasteiger partial charge < -0.3 is 39.0 Å². The normalized spacial score (nSPS) is 18.7. The second-order valence-electron chi connectivity index (χ2n) is 19.9. The monoisotopic (exact) mass is 1000 g/mol. The topological polar surface area (TPSA) is 175 Å². The SMILES string of the molecule is CC/C=C\C/C=C\C/C=C\CCCCCCCCCC(=O)OCC(COC1OC(C(=O)O)C(O)C(O)C1OC(=O)CCCCCCCCCCCCCCCCC)OC(=O)CCCCCCCCCCC. The highest BCUT2D eigenvalue weighted by molar-refractivity contribution is 5.74. The van der Waals surface area contributed by atoms with E-state index in [-0.39, 0.29) is 25.9 Å². The quantitative estimate of drug-likeness (QED) is 0.0228. The highest BCUT2D eigenvalue weighted by atomic mass is 16.7. The molecule has 1 saturated heterocycles. The number of aliphatic hydroxyl groups is 2. The number of esters is 3. The van der Waals surface area contributed by atoms with Crippen LogP contribution in [-0.2, 0) is 42.9 Å². The molecule has 3 N–H and O–H groups in total. The summed E-state index contributed by atoms with van der Waals surface area (Å²) in [7, 11) is 0. The minimum atomic E-state index is -1.90. The third-order valence-electron chi connectivity index (χ3n) is 13.2. The predicted octanol–water partition coefficient (Wildman–Crippen LogP) is 14.5.